The zero-order valence-corrected chi connectivity index (χ0v) is 10.9. The molecule has 3 heteroatoms. The predicted molar refractivity (Wildman–Crippen MR) is 67.8 cm³/mol. The van der Waals surface area contributed by atoms with E-state index in [1.165, 1.54) is 38.5 Å². The molecule has 0 aromatic heterocycles. The maximum atomic E-state index is 12.2. The van der Waals surface area contributed by atoms with Gasteiger partial charge in [-0.1, -0.05) is 6.42 Å². The predicted octanol–water partition coefficient (Wildman–Crippen LogP) is 2.57. The first kappa shape index (κ1) is 11.4. The standard InChI is InChI=1S/C14H24N2O/c1-15(14(17)16-6-2-3-7-16)10-13-9-11-4-5-12(13)8-11/h11-13H,2-10H2,1H3. The Morgan fingerprint density at radius 1 is 1.24 bits per heavy atom. The smallest absolute Gasteiger partial charge is 0.319 e. The van der Waals surface area contributed by atoms with Gasteiger partial charge in [0.2, 0.25) is 0 Å². The zero-order chi connectivity index (χ0) is 11.8. The summed E-state index contributed by atoms with van der Waals surface area (Å²) < 4.78 is 0. The molecule has 3 atom stereocenters. The van der Waals surface area contributed by atoms with Crippen LogP contribution in [0.1, 0.15) is 38.5 Å². The molecule has 3 rings (SSSR count). The minimum absolute atomic E-state index is 0.269. The van der Waals surface area contributed by atoms with E-state index in [0.717, 1.165) is 37.4 Å². The molecule has 2 bridgehead atoms. The Morgan fingerprint density at radius 2 is 2.00 bits per heavy atom. The van der Waals surface area contributed by atoms with Crippen LogP contribution in [0.5, 0.6) is 0 Å². The molecule has 0 aromatic carbocycles. The average molecular weight is 236 g/mol. The molecule has 1 aliphatic heterocycles. The van der Waals surface area contributed by atoms with Crippen LogP contribution in [0.3, 0.4) is 0 Å². The number of rotatable bonds is 2. The number of nitrogens with zero attached hydrogens (tertiary/aromatic N) is 2. The zero-order valence-electron chi connectivity index (χ0n) is 10.9. The quantitative estimate of drug-likeness (QED) is 0.723. The summed E-state index contributed by atoms with van der Waals surface area (Å²) in [7, 11) is 1.99. The van der Waals surface area contributed by atoms with Crippen LogP contribution in [0.25, 0.3) is 0 Å². The number of fused-ring (bicyclic) bond motifs is 2. The van der Waals surface area contributed by atoms with Gasteiger partial charge in [0.1, 0.15) is 0 Å². The van der Waals surface area contributed by atoms with Crippen LogP contribution >= 0.6 is 0 Å². The Kier molecular flexibility index (Phi) is 3.01. The summed E-state index contributed by atoms with van der Waals surface area (Å²) in [6, 6.07) is 0.269. The second kappa shape index (κ2) is 4.51. The first-order valence-corrected chi connectivity index (χ1v) is 7.24. The van der Waals surface area contributed by atoms with Crippen LogP contribution in [-0.4, -0.2) is 42.5 Å². The lowest BCUT2D eigenvalue weighted by Gasteiger charge is -2.30. The van der Waals surface area contributed by atoms with Gasteiger partial charge in [0.15, 0.2) is 0 Å². The Labute approximate surface area is 104 Å². The van der Waals surface area contributed by atoms with Crippen molar-refractivity contribution >= 4 is 6.03 Å². The van der Waals surface area contributed by atoms with E-state index in [1.54, 1.807) is 0 Å². The molecular weight excluding hydrogens is 212 g/mol. The highest BCUT2D eigenvalue weighted by atomic mass is 16.2. The van der Waals surface area contributed by atoms with Gasteiger partial charge in [0, 0.05) is 26.7 Å². The van der Waals surface area contributed by atoms with Crippen molar-refractivity contribution < 1.29 is 4.79 Å². The number of carbonyl (C=O) groups excluding carboxylic acids is 1. The van der Waals surface area contributed by atoms with E-state index in [-0.39, 0.29) is 6.03 Å². The van der Waals surface area contributed by atoms with Gasteiger partial charge in [0.05, 0.1) is 0 Å². The molecule has 1 heterocycles. The molecule has 96 valence electrons. The summed E-state index contributed by atoms with van der Waals surface area (Å²) in [6.07, 6.45) is 8.06. The molecule has 2 aliphatic carbocycles. The lowest BCUT2D eigenvalue weighted by molar-refractivity contribution is 0.157. The number of carbonyl (C=O) groups is 1. The van der Waals surface area contributed by atoms with Gasteiger partial charge in [-0.3, -0.25) is 0 Å². The summed E-state index contributed by atoms with van der Waals surface area (Å²) in [6.45, 7) is 2.94. The van der Waals surface area contributed by atoms with Crippen LogP contribution in [0.4, 0.5) is 4.79 Å². The summed E-state index contributed by atoms with van der Waals surface area (Å²) in [4.78, 5) is 16.2. The Balaban J connectivity index is 1.52. The van der Waals surface area contributed by atoms with Crippen LogP contribution in [-0.2, 0) is 0 Å². The third-order valence-corrected chi connectivity index (χ3v) is 5.10. The number of hydrogen-bond acceptors (Lipinski definition) is 1. The highest BCUT2D eigenvalue weighted by Gasteiger charge is 2.40. The van der Waals surface area contributed by atoms with Crippen LogP contribution in [0.2, 0.25) is 0 Å². The van der Waals surface area contributed by atoms with E-state index in [2.05, 4.69) is 0 Å². The molecule has 0 spiro atoms. The van der Waals surface area contributed by atoms with Crippen molar-refractivity contribution in [1.82, 2.24) is 9.80 Å². The molecule has 3 fully saturated rings. The molecule has 3 unspecified atom stereocenters. The molecule has 3 aliphatic rings. The molecule has 2 saturated carbocycles. The molecule has 0 N–H and O–H groups in total. The number of hydrogen-bond donors (Lipinski definition) is 0. The van der Waals surface area contributed by atoms with E-state index in [9.17, 15) is 4.79 Å². The first-order valence-electron chi connectivity index (χ1n) is 7.24. The van der Waals surface area contributed by atoms with Gasteiger partial charge in [-0.2, -0.15) is 0 Å². The van der Waals surface area contributed by atoms with Crippen LogP contribution in [0, 0.1) is 17.8 Å². The molecule has 3 nitrogen and oxygen atoms in total. The summed E-state index contributed by atoms with van der Waals surface area (Å²) in [5.41, 5.74) is 0. The monoisotopic (exact) mass is 236 g/mol. The lowest BCUT2D eigenvalue weighted by Crippen LogP contribution is -2.42. The molecule has 17 heavy (non-hydrogen) atoms. The van der Waals surface area contributed by atoms with Gasteiger partial charge in [0.25, 0.3) is 0 Å². The summed E-state index contributed by atoms with van der Waals surface area (Å²) >= 11 is 0. The Hall–Kier alpha value is -0.730. The van der Waals surface area contributed by atoms with Gasteiger partial charge >= 0.3 is 6.03 Å². The fourth-order valence-corrected chi connectivity index (χ4v) is 4.18. The minimum atomic E-state index is 0.269. The molecule has 2 amide bonds. The Morgan fingerprint density at radius 3 is 2.59 bits per heavy atom. The number of likely N-dealkylation sites (tertiary alicyclic amines) is 1. The third kappa shape index (κ3) is 2.16. The van der Waals surface area contributed by atoms with Crippen LogP contribution < -0.4 is 0 Å². The molecule has 1 saturated heterocycles. The lowest BCUT2D eigenvalue weighted by atomic mass is 9.88. The average Bonchev–Trinajstić information content (AvgIpc) is 3.04. The van der Waals surface area contributed by atoms with E-state index < -0.39 is 0 Å². The van der Waals surface area contributed by atoms with E-state index >= 15 is 0 Å². The molecular formula is C14H24N2O. The SMILES string of the molecule is CN(CC1CC2CCC1C2)C(=O)N1CCCC1. The summed E-state index contributed by atoms with van der Waals surface area (Å²) in [5.74, 6) is 2.71. The van der Waals surface area contributed by atoms with Gasteiger partial charge < -0.3 is 9.80 Å². The number of amides is 2. The van der Waals surface area contributed by atoms with Crippen molar-refractivity contribution in [1.29, 1.82) is 0 Å². The first-order chi connectivity index (χ1) is 8.24. The Bertz CT molecular complexity index is 299. The van der Waals surface area contributed by atoms with Crippen molar-refractivity contribution in [3.8, 4) is 0 Å². The highest BCUT2D eigenvalue weighted by Crippen LogP contribution is 2.48. The van der Waals surface area contributed by atoms with Crippen molar-refractivity contribution in [3.05, 3.63) is 0 Å². The van der Waals surface area contributed by atoms with E-state index in [1.807, 2.05) is 16.8 Å². The second-order valence-corrected chi connectivity index (χ2v) is 6.29. The maximum absolute atomic E-state index is 12.2. The topological polar surface area (TPSA) is 23.6 Å². The molecule has 0 radical (unpaired) electrons. The summed E-state index contributed by atoms with van der Waals surface area (Å²) in [5, 5.41) is 0. The van der Waals surface area contributed by atoms with Crippen LogP contribution in [0.15, 0.2) is 0 Å². The van der Waals surface area contributed by atoms with E-state index in [0.29, 0.717) is 0 Å². The van der Waals surface area contributed by atoms with Crippen molar-refractivity contribution in [2.45, 2.75) is 38.5 Å². The van der Waals surface area contributed by atoms with E-state index in [4.69, 9.17) is 0 Å². The normalized spacial score (nSPS) is 35.6. The highest BCUT2D eigenvalue weighted by molar-refractivity contribution is 5.74. The fraction of sp³-hybridized carbons (Fsp3) is 0.929. The number of urea groups is 1. The maximum Gasteiger partial charge on any atom is 0.319 e. The fourth-order valence-electron chi connectivity index (χ4n) is 4.18. The van der Waals surface area contributed by atoms with Crippen molar-refractivity contribution in [2.24, 2.45) is 17.8 Å². The third-order valence-electron chi connectivity index (χ3n) is 5.10. The second-order valence-electron chi connectivity index (χ2n) is 6.29. The minimum Gasteiger partial charge on any atom is -0.327 e. The van der Waals surface area contributed by atoms with Gasteiger partial charge in [-0.25, -0.2) is 4.79 Å². The largest absolute Gasteiger partial charge is 0.327 e. The van der Waals surface area contributed by atoms with Gasteiger partial charge in [-0.05, 0) is 49.9 Å². The van der Waals surface area contributed by atoms with Gasteiger partial charge in [-0.15, -0.1) is 0 Å². The van der Waals surface area contributed by atoms with Crippen molar-refractivity contribution in [2.75, 3.05) is 26.7 Å². The van der Waals surface area contributed by atoms with Crippen molar-refractivity contribution in [3.63, 3.8) is 0 Å². The molecule has 0 aromatic rings.